The molecule has 2 rings (SSSR count). The summed E-state index contributed by atoms with van der Waals surface area (Å²) in [6.45, 7) is 4.86. The van der Waals surface area contributed by atoms with Gasteiger partial charge in [-0.25, -0.2) is 9.37 Å². The van der Waals surface area contributed by atoms with Gasteiger partial charge in [-0.3, -0.25) is 4.79 Å². The molecule has 1 amide bonds. The number of pyridine rings is 1. The van der Waals surface area contributed by atoms with Gasteiger partial charge in [0.2, 0.25) is 5.91 Å². The molecule has 0 bridgehead atoms. The largest absolute Gasteiger partial charge is 0.362 e. The van der Waals surface area contributed by atoms with Crippen molar-refractivity contribution in [1.82, 2.24) is 10.3 Å². The molecule has 0 fully saturated rings. The van der Waals surface area contributed by atoms with Crippen LogP contribution in [0, 0.1) is 12.7 Å². The van der Waals surface area contributed by atoms with Gasteiger partial charge in [0.05, 0.1) is 6.54 Å². The highest BCUT2D eigenvalue weighted by Crippen LogP contribution is 2.28. The standard InChI is InChI=1S/C16H20FN3O/c1-4-8-20(10-15(21)18-3)14-9-11(2)19-16-12(14)6-5-7-13(16)17/h5-7,9H,4,8,10H2,1-3H3,(H,18,21). The van der Waals surface area contributed by atoms with Crippen molar-refractivity contribution in [3.8, 4) is 0 Å². The number of likely N-dealkylation sites (N-methyl/N-ethyl adjacent to an activating group) is 1. The van der Waals surface area contributed by atoms with E-state index < -0.39 is 0 Å². The summed E-state index contributed by atoms with van der Waals surface area (Å²) >= 11 is 0. The normalized spacial score (nSPS) is 10.7. The molecule has 1 N–H and O–H groups in total. The highest BCUT2D eigenvalue weighted by atomic mass is 19.1. The summed E-state index contributed by atoms with van der Waals surface area (Å²) < 4.78 is 14.0. The van der Waals surface area contributed by atoms with Crippen molar-refractivity contribution >= 4 is 22.5 Å². The second-order valence-corrected chi connectivity index (χ2v) is 5.01. The Kier molecular flexibility index (Phi) is 4.73. The van der Waals surface area contributed by atoms with Crippen molar-refractivity contribution in [3.05, 3.63) is 35.8 Å². The summed E-state index contributed by atoms with van der Waals surface area (Å²) in [7, 11) is 1.61. The SMILES string of the molecule is CCCN(CC(=O)NC)c1cc(C)nc2c(F)cccc12. The van der Waals surface area contributed by atoms with E-state index in [9.17, 15) is 9.18 Å². The van der Waals surface area contributed by atoms with Crippen molar-refractivity contribution < 1.29 is 9.18 Å². The van der Waals surface area contributed by atoms with Crippen LogP contribution in [-0.2, 0) is 4.79 Å². The van der Waals surface area contributed by atoms with E-state index in [-0.39, 0.29) is 18.3 Å². The average molecular weight is 289 g/mol. The van der Waals surface area contributed by atoms with Crippen LogP contribution in [0.1, 0.15) is 19.0 Å². The highest BCUT2D eigenvalue weighted by molar-refractivity contribution is 5.94. The van der Waals surface area contributed by atoms with Crippen LogP contribution in [0.3, 0.4) is 0 Å². The number of halogens is 1. The molecule has 21 heavy (non-hydrogen) atoms. The number of aryl methyl sites for hydroxylation is 1. The van der Waals surface area contributed by atoms with E-state index in [4.69, 9.17) is 0 Å². The van der Waals surface area contributed by atoms with E-state index in [1.165, 1.54) is 6.07 Å². The van der Waals surface area contributed by atoms with Crippen molar-refractivity contribution in [2.75, 3.05) is 25.0 Å². The van der Waals surface area contributed by atoms with Gasteiger partial charge in [0, 0.05) is 30.4 Å². The molecule has 0 atom stereocenters. The predicted molar refractivity (Wildman–Crippen MR) is 83.0 cm³/mol. The molecule has 0 aliphatic rings. The maximum absolute atomic E-state index is 14.0. The van der Waals surface area contributed by atoms with Crippen molar-refractivity contribution in [1.29, 1.82) is 0 Å². The van der Waals surface area contributed by atoms with E-state index in [0.29, 0.717) is 5.52 Å². The lowest BCUT2D eigenvalue weighted by molar-refractivity contribution is -0.119. The van der Waals surface area contributed by atoms with Gasteiger partial charge in [0.15, 0.2) is 0 Å². The van der Waals surface area contributed by atoms with E-state index >= 15 is 0 Å². The number of carbonyl (C=O) groups excluding carboxylic acids is 1. The molecule has 4 nitrogen and oxygen atoms in total. The van der Waals surface area contributed by atoms with Crippen LogP contribution in [0.5, 0.6) is 0 Å². The van der Waals surface area contributed by atoms with E-state index in [0.717, 1.165) is 29.7 Å². The maximum Gasteiger partial charge on any atom is 0.239 e. The third-order valence-corrected chi connectivity index (χ3v) is 3.34. The number of amides is 1. The van der Waals surface area contributed by atoms with Crippen molar-refractivity contribution in [2.45, 2.75) is 20.3 Å². The fraction of sp³-hybridized carbons (Fsp3) is 0.375. The third-order valence-electron chi connectivity index (χ3n) is 3.34. The molecule has 2 aromatic rings. The number of fused-ring (bicyclic) bond motifs is 1. The number of benzene rings is 1. The summed E-state index contributed by atoms with van der Waals surface area (Å²) in [5.74, 6) is -0.406. The number of anilines is 1. The molecule has 1 aromatic carbocycles. The molecule has 1 aromatic heterocycles. The molecule has 0 aliphatic heterocycles. The van der Waals surface area contributed by atoms with E-state index in [1.807, 2.05) is 30.9 Å². The number of nitrogens with zero attached hydrogens (tertiary/aromatic N) is 2. The maximum atomic E-state index is 14.0. The second kappa shape index (κ2) is 6.52. The molecule has 0 radical (unpaired) electrons. The van der Waals surface area contributed by atoms with Crippen LogP contribution in [0.25, 0.3) is 10.9 Å². The Balaban J connectivity index is 2.56. The molecule has 0 unspecified atom stereocenters. The molecule has 0 aliphatic carbocycles. The number of hydrogen-bond donors (Lipinski definition) is 1. The van der Waals surface area contributed by atoms with Crippen LogP contribution in [-0.4, -0.2) is 31.0 Å². The number of para-hydroxylation sites is 1. The van der Waals surface area contributed by atoms with Gasteiger partial charge in [-0.15, -0.1) is 0 Å². The van der Waals surface area contributed by atoms with Gasteiger partial charge in [-0.2, -0.15) is 0 Å². The number of hydrogen-bond acceptors (Lipinski definition) is 3. The zero-order chi connectivity index (χ0) is 15.4. The second-order valence-electron chi connectivity index (χ2n) is 5.01. The van der Waals surface area contributed by atoms with Crippen LogP contribution < -0.4 is 10.2 Å². The third kappa shape index (κ3) is 3.29. The first-order chi connectivity index (χ1) is 10.1. The Morgan fingerprint density at radius 2 is 2.19 bits per heavy atom. The molecule has 112 valence electrons. The Morgan fingerprint density at radius 1 is 1.43 bits per heavy atom. The fourth-order valence-electron chi connectivity index (χ4n) is 2.39. The minimum absolute atomic E-state index is 0.0672. The Labute approximate surface area is 124 Å². The summed E-state index contributed by atoms with van der Waals surface area (Å²) in [5.41, 5.74) is 1.94. The molecular weight excluding hydrogens is 269 g/mol. The zero-order valence-electron chi connectivity index (χ0n) is 12.6. The van der Waals surface area contributed by atoms with Gasteiger partial charge < -0.3 is 10.2 Å². The summed E-state index contributed by atoms with van der Waals surface area (Å²) in [5, 5.41) is 3.36. The summed E-state index contributed by atoms with van der Waals surface area (Å²) in [4.78, 5) is 18.0. The first-order valence-corrected chi connectivity index (χ1v) is 7.08. The quantitative estimate of drug-likeness (QED) is 0.920. The fourth-order valence-corrected chi connectivity index (χ4v) is 2.39. The first-order valence-electron chi connectivity index (χ1n) is 7.08. The summed E-state index contributed by atoms with van der Waals surface area (Å²) in [6, 6.07) is 6.82. The Hall–Kier alpha value is -2.17. The molecule has 0 saturated carbocycles. The lowest BCUT2D eigenvalue weighted by Gasteiger charge is -2.25. The predicted octanol–water partition coefficient (Wildman–Crippen LogP) is 2.64. The Morgan fingerprint density at radius 3 is 2.86 bits per heavy atom. The molecular formula is C16H20FN3O. The van der Waals surface area contributed by atoms with Crippen LogP contribution >= 0.6 is 0 Å². The van der Waals surface area contributed by atoms with Gasteiger partial charge in [-0.1, -0.05) is 19.1 Å². The monoisotopic (exact) mass is 289 g/mol. The smallest absolute Gasteiger partial charge is 0.239 e. The van der Waals surface area contributed by atoms with Crippen LogP contribution in [0.4, 0.5) is 10.1 Å². The molecule has 0 saturated heterocycles. The number of carbonyl (C=O) groups is 1. The topological polar surface area (TPSA) is 45.2 Å². The highest BCUT2D eigenvalue weighted by Gasteiger charge is 2.15. The number of rotatable bonds is 5. The number of aromatic nitrogens is 1. The Bertz CT molecular complexity index is 657. The van der Waals surface area contributed by atoms with E-state index in [2.05, 4.69) is 10.3 Å². The van der Waals surface area contributed by atoms with Gasteiger partial charge >= 0.3 is 0 Å². The zero-order valence-corrected chi connectivity index (χ0v) is 12.6. The first kappa shape index (κ1) is 15.2. The average Bonchev–Trinajstić information content (AvgIpc) is 2.47. The van der Waals surface area contributed by atoms with Crippen LogP contribution in [0.2, 0.25) is 0 Å². The van der Waals surface area contributed by atoms with Crippen molar-refractivity contribution in [2.24, 2.45) is 0 Å². The lowest BCUT2D eigenvalue weighted by Crippen LogP contribution is -2.36. The van der Waals surface area contributed by atoms with Crippen LogP contribution in [0.15, 0.2) is 24.3 Å². The molecule has 5 heteroatoms. The lowest BCUT2D eigenvalue weighted by atomic mass is 10.1. The van der Waals surface area contributed by atoms with Gasteiger partial charge in [0.25, 0.3) is 0 Å². The minimum atomic E-state index is -0.339. The molecule has 0 spiro atoms. The van der Waals surface area contributed by atoms with Gasteiger partial charge in [-0.05, 0) is 25.5 Å². The van der Waals surface area contributed by atoms with E-state index in [1.54, 1.807) is 13.1 Å². The summed E-state index contributed by atoms with van der Waals surface area (Å²) in [6.07, 6.45) is 0.898. The van der Waals surface area contributed by atoms with Gasteiger partial charge in [0.1, 0.15) is 11.3 Å². The minimum Gasteiger partial charge on any atom is -0.362 e. The number of nitrogens with one attached hydrogen (secondary N) is 1. The molecule has 1 heterocycles. The van der Waals surface area contributed by atoms with Crippen molar-refractivity contribution in [3.63, 3.8) is 0 Å².